The van der Waals surface area contributed by atoms with Crippen LogP contribution in [0, 0.1) is 17.8 Å². The first-order chi connectivity index (χ1) is 17.0. The van der Waals surface area contributed by atoms with Gasteiger partial charge < -0.3 is 9.47 Å². The van der Waals surface area contributed by atoms with Crippen LogP contribution < -0.4 is 0 Å². The molecule has 0 saturated heterocycles. The standard InChI is InChI=1S/C31H60O4/c1-6-11-19-28(9-4)25-34-30(32)22-18-16-14-13-15-17-21-27(8-3)23-24-31(33)35-26-29(10-5)20-12-7-2/h27-29H,6-26H2,1-5H3. The predicted octanol–water partition coefficient (Wildman–Crippen LogP) is 9.43. The lowest BCUT2D eigenvalue weighted by atomic mass is 9.93. The molecular formula is C31H60O4. The summed E-state index contributed by atoms with van der Waals surface area (Å²) in [7, 11) is 0. The highest BCUT2D eigenvalue weighted by atomic mass is 16.5. The lowest BCUT2D eigenvalue weighted by Crippen LogP contribution is -2.14. The van der Waals surface area contributed by atoms with Gasteiger partial charge in [-0.1, -0.05) is 118 Å². The monoisotopic (exact) mass is 496 g/mol. The first-order valence-corrected chi connectivity index (χ1v) is 15.3. The Bertz CT molecular complexity index is 490. The second-order valence-electron chi connectivity index (χ2n) is 10.7. The van der Waals surface area contributed by atoms with Crippen LogP contribution in [0.5, 0.6) is 0 Å². The van der Waals surface area contributed by atoms with Gasteiger partial charge in [0.2, 0.25) is 0 Å². The summed E-state index contributed by atoms with van der Waals surface area (Å²) >= 11 is 0. The minimum atomic E-state index is -0.0181. The van der Waals surface area contributed by atoms with Crippen LogP contribution in [0.25, 0.3) is 0 Å². The molecule has 0 aromatic carbocycles. The fourth-order valence-corrected chi connectivity index (χ4v) is 4.65. The van der Waals surface area contributed by atoms with Gasteiger partial charge in [-0.25, -0.2) is 0 Å². The van der Waals surface area contributed by atoms with E-state index in [1.165, 1.54) is 70.6 Å². The van der Waals surface area contributed by atoms with Gasteiger partial charge in [0.25, 0.3) is 0 Å². The lowest BCUT2D eigenvalue weighted by molar-refractivity contribution is -0.146. The molecule has 0 spiro atoms. The topological polar surface area (TPSA) is 52.6 Å². The second kappa shape index (κ2) is 24.6. The zero-order valence-corrected chi connectivity index (χ0v) is 24.2. The van der Waals surface area contributed by atoms with Crippen LogP contribution >= 0.6 is 0 Å². The molecule has 0 bridgehead atoms. The van der Waals surface area contributed by atoms with Gasteiger partial charge in [-0.05, 0) is 43.4 Å². The molecule has 0 aromatic rings. The molecule has 3 unspecified atom stereocenters. The summed E-state index contributed by atoms with van der Waals surface area (Å²) in [5, 5.41) is 0. The molecule has 0 aliphatic carbocycles. The molecule has 4 heteroatoms. The van der Waals surface area contributed by atoms with Gasteiger partial charge >= 0.3 is 11.9 Å². The third kappa shape index (κ3) is 20.8. The third-order valence-electron chi connectivity index (χ3n) is 7.62. The van der Waals surface area contributed by atoms with Crippen LogP contribution in [0.3, 0.4) is 0 Å². The Balaban J connectivity index is 3.74. The number of carbonyl (C=O) groups excluding carboxylic acids is 2. The number of rotatable bonds is 25. The second-order valence-corrected chi connectivity index (χ2v) is 10.7. The Morgan fingerprint density at radius 1 is 0.486 bits per heavy atom. The van der Waals surface area contributed by atoms with E-state index in [2.05, 4.69) is 34.6 Å². The van der Waals surface area contributed by atoms with E-state index in [0.29, 0.717) is 43.8 Å². The SMILES string of the molecule is CCCCC(CC)COC(=O)CCCCCCCCC(CC)CCC(=O)OCC(CC)CCCC. The Hall–Kier alpha value is -1.06. The highest BCUT2D eigenvalue weighted by molar-refractivity contribution is 5.69. The Labute approximate surface area is 218 Å². The summed E-state index contributed by atoms with van der Waals surface area (Å²) in [5.41, 5.74) is 0. The summed E-state index contributed by atoms with van der Waals surface area (Å²) in [6.45, 7) is 12.2. The van der Waals surface area contributed by atoms with Gasteiger partial charge in [-0.2, -0.15) is 0 Å². The van der Waals surface area contributed by atoms with Crippen molar-refractivity contribution in [3.05, 3.63) is 0 Å². The Morgan fingerprint density at radius 3 is 1.40 bits per heavy atom. The molecule has 0 heterocycles. The van der Waals surface area contributed by atoms with Crippen LogP contribution in [0.15, 0.2) is 0 Å². The highest BCUT2D eigenvalue weighted by Crippen LogP contribution is 2.21. The summed E-state index contributed by atoms with van der Waals surface area (Å²) in [6, 6.07) is 0. The predicted molar refractivity (Wildman–Crippen MR) is 148 cm³/mol. The minimum absolute atomic E-state index is 0.0110. The summed E-state index contributed by atoms with van der Waals surface area (Å²) < 4.78 is 11.1. The van der Waals surface area contributed by atoms with E-state index < -0.39 is 0 Å². The minimum Gasteiger partial charge on any atom is -0.465 e. The van der Waals surface area contributed by atoms with E-state index in [0.717, 1.165) is 38.5 Å². The molecule has 0 aliphatic rings. The van der Waals surface area contributed by atoms with Crippen LogP contribution in [-0.2, 0) is 19.1 Å². The largest absolute Gasteiger partial charge is 0.465 e. The lowest BCUT2D eigenvalue weighted by Gasteiger charge is -2.16. The molecule has 208 valence electrons. The number of hydrogen-bond acceptors (Lipinski definition) is 4. The number of unbranched alkanes of at least 4 members (excludes halogenated alkanes) is 7. The zero-order chi connectivity index (χ0) is 26.2. The van der Waals surface area contributed by atoms with Crippen molar-refractivity contribution < 1.29 is 19.1 Å². The molecule has 0 amide bonds. The highest BCUT2D eigenvalue weighted by Gasteiger charge is 2.13. The van der Waals surface area contributed by atoms with Gasteiger partial charge in [-0.3, -0.25) is 9.59 Å². The van der Waals surface area contributed by atoms with Crippen molar-refractivity contribution in [1.82, 2.24) is 0 Å². The maximum Gasteiger partial charge on any atom is 0.305 e. The van der Waals surface area contributed by atoms with Crippen LogP contribution in [-0.4, -0.2) is 25.2 Å². The average Bonchev–Trinajstić information content (AvgIpc) is 2.87. The molecule has 0 aliphatic heterocycles. The normalized spacial score (nSPS) is 13.9. The van der Waals surface area contributed by atoms with E-state index in [4.69, 9.17) is 9.47 Å². The number of esters is 2. The Kier molecular flexibility index (Phi) is 23.9. The molecule has 0 aromatic heterocycles. The van der Waals surface area contributed by atoms with Crippen molar-refractivity contribution in [2.75, 3.05) is 13.2 Å². The van der Waals surface area contributed by atoms with Crippen molar-refractivity contribution in [2.24, 2.45) is 17.8 Å². The van der Waals surface area contributed by atoms with Crippen molar-refractivity contribution in [3.8, 4) is 0 Å². The van der Waals surface area contributed by atoms with E-state index >= 15 is 0 Å². The van der Waals surface area contributed by atoms with E-state index in [1.54, 1.807) is 0 Å². The third-order valence-corrected chi connectivity index (χ3v) is 7.62. The molecular weight excluding hydrogens is 436 g/mol. The molecule has 4 nitrogen and oxygen atoms in total. The molecule has 3 atom stereocenters. The van der Waals surface area contributed by atoms with Crippen LogP contribution in [0.1, 0.15) is 157 Å². The maximum atomic E-state index is 12.2. The first-order valence-electron chi connectivity index (χ1n) is 15.3. The van der Waals surface area contributed by atoms with Crippen molar-refractivity contribution in [3.63, 3.8) is 0 Å². The molecule has 0 rings (SSSR count). The van der Waals surface area contributed by atoms with Gasteiger partial charge in [-0.15, -0.1) is 0 Å². The fraction of sp³-hybridized carbons (Fsp3) is 0.935. The average molecular weight is 497 g/mol. The zero-order valence-electron chi connectivity index (χ0n) is 24.2. The quantitative estimate of drug-likeness (QED) is 0.0932. The van der Waals surface area contributed by atoms with Gasteiger partial charge in [0, 0.05) is 12.8 Å². The Morgan fingerprint density at radius 2 is 0.914 bits per heavy atom. The summed E-state index contributed by atoms with van der Waals surface area (Å²) in [4.78, 5) is 24.1. The molecule has 0 saturated carbocycles. The van der Waals surface area contributed by atoms with Gasteiger partial charge in [0.1, 0.15) is 0 Å². The van der Waals surface area contributed by atoms with Crippen LogP contribution in [0.2, 0.25) is 0 Å². The number of hydrogen-bond donors (Lipinski definition) is 0. The number of ether oxygens (including phenoxy) is 2. The summed E-state index contributed by atoms with van der Waals surface area (Å²) in [5.74, 6) is 1.65. The van der Waals surface area contributed by atoms with Crippen LogP contribution in [0.4, 0.5) is 0 Å². The van der Waals surface area contributed by atoms with Gasteiger partial charge in [0.15, 0.2) is 0 Å². The van der Waals surface area contributed by atoms with Crippen molar-refractivity contribution in [2.45, 2.75) is 157 Å². The molecule has 35 heavy (non-hydrogen) atoms. The molecule has 0 N–H and O–H groups in total. The molecule has 0 radical (unpaired) electrons. The first kappa shape index (κ1) is 33.9. The fourth-order valence-electron chi connectivity index (χ4n) is 4.65. The smallest absolute Gasteiger partial charge is 0.305 e. The van der Waals surface area contributed by atoms with E-state index in [-0.39, 0.29) is 11.9 Å². The van der Waals surface area contributed by atoms with E-state index in [1.807, 2.05) is 0 Å². The summed E-state index contributed by atoms with van der Waals surface area (Å²) in [6.07, 6.45) is 20.8. The van der Waals surface area contributed by atoms with Crippen molar-refractivity contribution in [1.29, 1.82) is 0 Å². The van der Waals surface area contributed by atoms with Gasteiger partial charge in [0.05, 0.1) is 13.2 Å². The maximum absolute atomic E-state index is 12.2. The number of carbonyl (C=O) groups is 2. The van der Waals surface area contributed by atoms with E-state index in [9.17, 15) is 9.59 Å². The molecule has 0 fully saturated rings. The van der Waals surface area contributed by atoms with Crippen molar-refractivity contribution >= 4 is 11.9 Å².